The molecule has 124 valence electrons. The molecule has 1 unspecified atom stereocenters. The summed E-state index contributed by atoms with van der Waals surface area (Å²) in [6.07, 6.45) is 0.877. The fourth-order valence-electron chi connectivity index (χ4n) is 3.99. The van der Waals surface area contributed by atoms with E-state index >= 15 is 0 Å². The van der Waals surface area contributed by atoms with Crippen molar-refractivity contribution >= 4 is 67.3 Å². The van der Waals surface area contributed by atoms with E-state index in [0.717, 1.165) is 27.7 Å². The van der Waals surface area contributed by atoms with Crippen molar-refractivity contribution in [1.29, 1.82) is 0 Å². The van der Waals surface area contributed by atoms with Crippen LogP contribution in [0.2, 0.25) is 0 Å². The highest BCUT2D eigenvalue weighted by Gasteiger charge is 2.49. The normalized spacial score (nSPS) is 27.6. The SMILES string of the molecule is CC1CC(C)(C)N2C(=O)/C(=C3/SC(=S)NC3=O)c3cc(Br)cc1c32. The van der Waals surface area contributed by atoms with E-state index in [2.05, 4.69) is 48.1 Å². The summed E-state index contributed by atoms with van der Waals surface area (Å²) in [5.41, 5.74) is 3.09. The zero-order chi connectivity index (χ0) is 17.4. The first kappa shape index (κ1) is 16.3. The molecule has 3 aliphatic rings. The Labute approximate surface area is 158 Å². The molecule has 0 aliphatic carbocycles. The fraction of sp³-hybridized carbons (Fsp3) is 0.353. The second kappa shape index (κ2) is 5.16. The third-order valence-electron chi connectivity index (χ3n) is 4.80. The fourth-order valence-corrected chi connectivity index (χ4v) is 5.58. The molecule has 3 aliphatic heterocycles. The maximum atomic E-state index is 13.3. The molecule has 7 heteroatoms. The first-order chi connectivity index (χ1) is 11.2. The minimum Gasteiger partial charge on any atom is -0.307 e. The van der Waals surface area contributed by atoms with Crippen molar-refractivity contribution in [3.63, 3.8) is 0 Å². The third kappa shape index (κ3) is 2.14. The first-order valence-corrected chi connectivity index (χ1v) is 9.68. The Morgan fingerprint density at radius 2 is 2.08 bits per heavy atom. The molecule has 0 spiro atoms. The molecule has 0 radical (unpaired) electrons. The number of carbonyl (C=O) groups is 2. The highest BCUT2D eigenvalue weighted by molar-refractivity contribution is 9.10. The number of hydrogen-bond donors (Lipinski definition) is 1. The van der Waals surface area contributed by atoms with Gasteiger partial charge in [-0.2, -0.15) is 0 Å². The van der Waals surface area contributed by atoms with Crippen LogP contribution in [-0.2, 0) is 9.59 Å². The van der Waals surface area contributed by atoms with Crippen LogP contribution in [0.15, 0.2) is 21.5 Å². The lowest BCUT2D eigenvalue weighted by Crippen LogP contribution is -2.49. The van der Waals surface area contributed by atoms with Crippen molar-refractivity contribution in [2.45, 2.75) is 38.6 Å². The summed E-state index contributed by atoms with van der Waals surface area (Å²) in [7, 11) is 0. The molecule has 0 aromatic heterocycles. The number of thioether (sulfide) groups is 1. The van der Waals surface area contributed by atoms with Crippen molar-refractivity contribution in [2.24, 2.45) is 0 Å². The molecular weight excluding hydrogens is 408 g/mol. The highest BCUT2D eigenvalue weighted by atomic mass is 79.9. The van der Waals surface area contributed by atoms with Crippen LogP contribution in [0.1, 0.15) is 44.2 Å². The number of halogens is 1. The number of nitrogens with one attached hydrogen (secondary N) is 1. The van der Waals surface area contributed by atoms with E-state index in [1.54, 1.807) is 0 Å². The maximum absolute atomic E-state index is 13.3. The number of hydrogen-bond acceptors (Lipinski definition) is 4. The average Bonchev–Trinajstić information content (AvgIpc) is 2.92. The summed E-state index contributed by atoms with van der Waals surface area (Å²) in [5, 5.41) is 2.62. The van der Waals surface area contributed by atoms with Crippen LogP contribution in [0.25, 0.3) is 5.57 Å². The van der Waals surface area contributed by atoms with Gasteiger partial charge < -0.3 is 10.2 Å². The predicted octanol–water partition coefficient (Wildman–Crippen LogP) is 3.94. The first-order valence-electron chi connectivity index (χ1n) is 7.66. The summed E-state index contributed by atoms with van der Waals surface area (Å²) in [6.45, 7) is 6.34. The van der Waals surface area contributed by atoms with Gasteiger partial charge in [0.2, 0.25) is 0 Å². The van der Waals surface area contributed by atoms with Gasteiger partial charge in [-0.05, 0) is 43.9 Å². The molecule has 1 aromatic carbocycles. The Bertz CT molecular complexity index is 876. The van der Waals surface area contributed by atoms with Gasteiger partial charge in [0.1, 0.15) is 4.32 Å². The second-order valence-corrected chi connectivity index (χ2v) is 9.60. The van der Waals surface area contributed by atoms with Crippen molar-refractivity contribution in [3.8, 4) is 0 Å². The Morgan fingerprint density at radius 1 is 1.38 bits per heavy atom. The van der Waals surface area contributed by atoms with Crippen LogP contribution in [0.5, 0.6) is 0 Å². The summed E-state index contributed by atoms with van der Waals surface area (Å²) >= 11 is 9.82. The summed E-state index contributed by atoms with van der Waals surface area (Å²) < 4.78 is 1.31. The molecule has 1 aromatic rings. The van der Waals surface area contributed by atoms with E-state index in [4.69, 9.17) is 12.2 Å². The van der Waals surface area contributed by atoms with Gasteiger partial charge in [0.05, 0.1) is 16.2 Å². The van der Waals surface area contributed by atoms with Crippen LogP contribution in [-0.4, -0.2) is 21.7 Å². The molecule has 1 saturated heterocycles. The van der Waals surface area contributed by atoms with Gasteiger partial charge in [0.25, 0.3) is 11.8 Å². The summed E-state index contributed by atoms with van der Waals surface area (Å²) in [5.74, 6) is -0.0536. The molecule has 3 heterocycles. The van der Waals surface area contributed by atoms with Crippen LogP contribution in [0.4, 0.5) is 5.69 Å². The van der Waals surface area contributed by atoms with Gasteiger partial charge in [-0.1, -0.05) is 46.8 Å². The lowest BCUT2D eigenvalue weighted by Gasteiger charge is -2.43. The molecular formula is C17H15BrN2O2S2. The largest absolute Gasteiger partial charge is 0.307 e. The molecule has 24 heavy (non-hydrogen) atoms. The topological polar surface area (TPSA) is 49.4 Å². The van der Waals surface area contributed by atoms with Gasteiger partial charge in [-0.15, -0.1) is 0 Å². The van der Waals surface area contributed by atoms with Gasteiger partial charge in [-0.25, -0.2) is 0 Å². The lowest BCUT2D eigenvalue weighted by atomic mass is 9.80. The minimum atomic E-state index is -0.297. The standard InChI is InChI=1S/C17H15BrN2O2S2/c1-7-6-17(2,3)20-12-9(7)4-8(18)5-10(12)11(15(20)22)13-14(21)19-16(23)24-13/h4-5,7H,6H2,1-3H3,(H,19,21,23)/b13-11+. The van der Waals surface area contributed by atoms with E-state index in [-0.39, 0.29) is 17.4 Å². The number of nitrogens with zero attached hydrogens (tertiary/aromatic N) is 1. The summed E-state index contributed by atoms with van der Waals surface area (Å²) in [4.78, 5) is 27.8. The zero-order valence-electron chi connectivity index (χ0n) is 13.4. The van der Waals surface area contributed by atoms with Crippen molar-refractivity contribution in [3.05, 3.63) is 32.6 Å². The van der Waals surface area contributed by atoms with E-state index in [1.807, 2.05) is 11.0 Å². The average molecular weight is 423 g/mol. The van der Waals surface area contributed by atoms with E-state index in [0.29, 0.717) is 20.7 Å². The van der Waals surface area contributed by atoms with Gasteiger partial charge in [0, 0.05) is 15.6 Å². The maximum Gasteiger partial charge on any atom is 0.264 e. The van der Waals surface area contributed by atoms with E-state index in [9.17, 15) is 9.59 Å². The third-order valence-corrected chi connectivity index (χ3v) is 6.49. The predicted molar refractivity (Wildman–Crippen MR) is 104 cm³/mol. The molecule has 0 bridgehead atoms. The number of benzene rings is 1. The number of amides is 2. The molecule has 0 saturated carbocycles. The second-order valence-electron chi connectivity index (χ2n) is 7.00. The number of anilines is 1. The van der Waals surface area contributed by atoms with Crippen LogP contribution in [0.3, 0.4) is 0 Å². The van der Waals surface area contributed by atoms with Gasteiger partial charge >= 0.3 is 0 Å². The minimum absolute atomic E-state index is 0.108. The summed E-state index contributed by atoms with van der Waals surface area (Å²) in [6, 6.07) is 4.02. The Morgan fingerprint density at radius 3 is 2.71 bits per heavy atom. The molecule has 1 atom stereocenters. The van der Waals surface area contributed by atoms with Crippen molar-refractivity contribution < 1.29 is 9.59 Å². The van der Waals surface area contributed by atoms with Gasteiger partial charge in [-0.3, -0.25) is 9.59 Å². The smallest absolute Gasteiger partial charge is 0.264 e. The number of rotatable bonds is 0. The van der Waals surface area contributed by atoms with Crippen LogP contribution >= 0.6 is 39.9 Å². The molecule has 2 amide bonds. The van der Waals surface area contributed by atoms with Crippen LogP contribution in [0, 0.1) is 0 Å². The number of carbonyl (C=O) groups excluding carboxylic acids is 2. The molecule has 4 rings (SSSR count). The zero-order valence-corrected chi connectivity index (χ0v) is 16.6. The Kier molecular flexibility index (Phi) is 3.50. The quantitative estimate of drug-likeness (QED) is 0.507. The molecule has 1 N–H and O–H groups in total. The van der Waals surface area contributed by atoms with E-state index < -0.39 is 0 Å². The Hall–Kier alpha value is -1.18. The highest BCUT2D eigenvalue weighted by Crippen LogP contribution is 2.54. The van der Waals surface area contributed by atoms with Gasteiger partial charge in [0.15, 0.2) is 0 Å². The monoisotopic (exact) mass is 422 g/mol. The molecule has 4 nitrogen and oxygen atoms in total. The molecule has 1 fully saturated rings. The van der Waals surface area contributed by atoms with Crippen molar-refractivity contribution in [2.75, 3.05) is 4.90 Å². The van der Waals surface area contributed by atoms with Crippen molar-refractivity contribution in [1.82, 2.24) is 5.32 Å². The Balaban J connectivity index is 2.06. The van der Waals surface area contributed by atoms with Crippen LogP contribution < -0.4 is 10.2 Å². The van der Waals surface area contributed by atoms with E-state index in [1.165, 1.54) is 11.8 Å². The number of thiocarbonyl (C=S) groups is 1. The lowest BCUT2D eigenvalue weighted by molar-refractivity contribution is -0.116.